The molecule has 4 heteroatoms. The van der Waals surface area contributed by atoms with Gasteiger partial charge in [-0.3, -0.25) is 4.79 Å². The van der Waals surface area contributed by atoms with Crippen LogP contribution in [0.1, 0.15) is 25.3 Å². The fourth-order valence-corrected chi connectivity index (χ4v) is 3.69. The van der Waals surface area contributed by atoms with E-state index in [1.165, 1.54) is 5.56 Å². The van der Waals surface area contributed by atoms with Gasteiger partial charge in [0.2, 0.25) is 5.91 Å². The smallest absolute Gasteiger partial charge is 0.226 e. The summed E-state index contributed by atoms with van der Waals surface area (Å²) >= 11 is 1.82. The second kappa shape index (κ2) is 8.44. The lowest BCUT2D eigenvalue weighted by Gasteiger charge is -2.32. The maximum absolute atomic E-state index is 12.4. The van der Waals surface area contributed by atoms with Crippen LogP contribution in [-0.2, 0) is 10.5 Å². The number of aliphatic hydroxyl groups is 1. The molecule has 0 aliphatic carbocycles. The third-order valence-corrected chi connectivity index (χ3v) is 5.36. The summed E-state index contributed by atoms with van der Waals surface area (Å²) in [6.07, 6.45) is 1.87. The quantitative estimate of drug-likeness (QED) is 0.878. The molecular weight excluding hydrogens is 282 g/mol. The van der Waals surface area contributed by atoms with Crippen molar-refractivity contribution in [2.75, 3.05) is 25.4 Å². The number of aliphatic hydroxyl groups excluding tert-OH is 1. The molecule has 0 radical (unpaired) electrons. The van der Waals surface area contributed by atoms with Crippen molar-refractivity contribution in [3.63, 3.8) is 0 Å². The van der Waals surface area contributed by atoms with Gasteiger partial charge in [-0.05, 0) is 24.3 Å². The van der Waals surface area contributed by atoms with Gasteiger partial charge in [-0.1, -0.05) is 37.3 Å². The van der Waals surface area contributed by atoms with Gasteiger partial charge in [-0.15, -0.1) is 0 Å². The molecule has 1 aromatic rings. The molecule has 1 aliphatic rings. The summed E-state index contributed by atoms with van der Waals surface area (Å²) in [6.45, 7) is 3.89. The molecule has 1 unspecified atom stereocenters. The van der Waals surface area contributed by atoms with Crippen molar-refractivity contribution < 1.29 is 9.90 Å². The molecule has 1 atom stereocenters. The van der Waals surface area contributed by atoms with E-state index in [9.17, 15) is 4.79 Å². The summed E-state index contributed by atoms with van der Waals surface area (Å²) < 4.78 is 0. The average Bonchev–Trinajstić information content (AvgIpc) is 2.55. The number of thioether (sulfide) groups is 1. The number of nitrogens with zero attached hydrogens (tertiary/aromatic N) is 1. The minimum Gasteiger partial charge on any atom is -0.396 e. The summed E-state index contributed by atoms with van der Waals surface area (Å²) in [5.74, 6) is 2.56. The van der Waals surface area contributed by atoms with E-state index in [0.29, 0.717) is 5.92 Å². The highest BCUT2D eigenvalue weighted by molar-refractivity contribution is 7.98. The zero-order chi connectivity index (χ0) is 15.1. The van der Waals surface area contributed by atoms with Crippen LogP contribution in [0.15, 0.2) is 30.3 Å². The first-order chi connectivity index (χ1) is 10.2. The number of hydrogen-bond donors (Lipinski definition) is 1. The van der Waals surface area contributed by atoms with Gasteiger partial charge in [0.25, 0.3) is 0 Å². The van der Waals surface area contributed by atoms with Crippen molar-refractivity contribution in [3.8, 4) is 0 Å². The fraction of sp³-hybridized carbons (Fsp3) is 0.588. The zero-order valence-corrected chi connectivity index (χ0v) is 13.5. The van der Waals surface area contributed by atoms with Crippen molar-refractivity contribution in [1.29, 1.82) is 0 Å². The lowest BCUT2D eigenvalue weighted by molar-refractivity contribution is -0.135. The number of benzene rings is 1. The van der Waals surface area contributed by atoms with Crippen LogP contribution in [0.2, 0.25) is 0 Å². The van der Waals surface area contributed by atoms with E-state index in [0.717, 1.165) is 37.4 Å². The predicted octanol–water partition coefficient (Wildman–Crippen LogP) is 2.79. The van der Waals surface area contributed by atoms with Gasteiger partial charge >= 0.3 is 0 Å². The number of carbonyl (C=O) groups is 1. The van der Waals surface area contributed by atoms with Gasteiger partial charge in [0.15, 0.2) is 0 Å². The van der Waals surface area contributed by atoms with Gasteiger partial charge < -0.3 is 10.0 Å². The molecule has 0 aromatic heterocycles. The Balaban J connectivity index is 1.70. The first-order valence-corrected chi connectivity index (χ1v) is 8.87. The number of carbonyl (C=O) groups excluding carboxylic acids is 1. The zero-order valence-electron chi connectivity index (χ0n) is 12.7. The molecule has 1 aromatic carbocycles. The van der Waals surface area contributed by atoms with Gasteiger partial charge in [0, 0.05) is 37.1 Å². The number of piperidine rings is 1. The van der Waals surface area contributed by atoms with Crippen LogP contribution in [0.4, 0.5) is 0 Å². The molecule has 1 heterocycles. The monoisotopic (exact) mass is 307 g/mol. The topological polar surface area (TPSA) is 40.5 Å². The van der Waals surface area contributed by atoms with E-state index in [2.05, 4.69) is 24.3 Å². The molecule has 21 heavy (non-hydrogen) atoms. The Morgan fingerprint density at radius 1 is 1.33 bits per heavy atom. The molecule has 0 saturated carbocycles. The second-order valence-corrected chi connectivity index (χ2v) is 6.88. The van der Waals surface area contributed by atoms with Gasteiger partial charge in [0.05, 0.1) is 0 Å². The Hall–Kier alpha value is -1.00. The van der Waals surface area contributed by atoms with Crippen molar-refractivity contribution in [1.82, 2.24) is 4.90 Å². The van der Waals surface area contributed by atoms with E-state index < -0.39 is 0 Å². The normalized spacial score (nSPS) is 17.7. The molecule has 1 amide bonds. The summed E-state index contributed by atoms with van der Waals surface area (Å²) in [5, 5.41) is 9.14. The number of rotatable bonds is 6. The SMILES string of the molecule is CC(CSCc1ccccc1)C(=O)N1CCC(CO)CC1. The standard InChI is InChI=1S/C17H25NO2S/c1-14(12-21-13-16-5-3-2-4-6-16)17(20)18-9-7-15(11-19)8-10-18/h2-6,14-15,19H,7-13H2,1H3. The molecule has 1 saturated heterocycles. The largest absolute Gasteiger partial charge is 0.396 e. The average molecular weight is 307 g/mol. The van der Waals surface area contributed by atoms with Gasteiger partial charge in [-0.2, -0.15) is 11.8 Å². The van der Waals surface area contributed by atoms with Gasteiger partial charge in [0.1, 0.15) is 0 Å². The van der Waals surface area contributed by atoms with Crippen LogP contribution in [0.25, 0.3) is 0 Å². The minimum absolute atomic E-state index is 0.0735. The van der Waals surface area contributed by atoms with Crippen molar-refractivity contribution in [2.45, 2.75) is 25.5 Å². The Labute approximate surface area is 131 Å². The Kier molecular flexibility index (Phi) is 6.58. The van der Waals surface area contributed by atoms with Crippen LogP contribution in [0, 0.1) is 11.8 Å². The maximum Gasteiger partial charge on any atom is 0.226 e. The second-order valence-electron chi connectivity index (χ2n) is 5.85. The highest BCUT2D eigenvalue weighted by atomic mass is 32.2. The van der Waals surface area contributed by atoms with Crippen LogP contribution in [0.3, 0.4) is 0 Å². The lowest BCUT2D eigenvalue weighted by Crippen LogP contribution is -2.42. The van der Waals surface area contributed by atoms with E-state index >= 15 is 0 Å². The predicted molar refractivity (Wildman–Crippen MR) is 88.2 cm³/mol. The van der Waals surface area contributed by atoms with Crippen LogP contribution >= 0.6 is 11.8 Å². The third-order valence-electron chi connectivity index (χ3n) is 4.09. The first kappa shape index (κ1) is 16.4. The maximum atomic E-state index is 12.4. The van der Waals surface area contributed by atoms with E-state index in [1.807, 2.05) is 29.7 Å². The summed E-state index contributed by atoms with van der Waals surface area (Å²) in [4.78, 5) is 14.4. The highest BCUT2D eigenvalue weighted by Crippen LogP contribution is 2.21. The summed E-state index contributed by atoms with van der Waals surface area (Å²) in [5.41, 5.74) is 1.31. The van der Waals surface area contributed by atoms with Gasteiger partial charge in [-0.25, -0.2) is 0 Å². The Bertz CT molecular complexity index is 430. The lowest BCUT2D eigenvalue weighted by atomic mass is 9.97. The molecule has 116 valence electrons. The highest BCUT2D eigenvalue weighted by Gasteiger charge is 2.25. The summed E-state index contributed by atoms with van der Waals surface area (Å²) in [7, 11) is 0. The summed E-state index contributed by atoms with van der Waals surface area (Å²) in [6, 6.07) is 10.4. The molecule has 1 N–H and O–H groups in total. The molecule has 3 nitrogen and oxygen atoms in total. The molecule has 0 bridgehead atoms. The molecular formula is C17H25NO2S. The van der Waals surface area contributed by atoms with E-state index in [-0.39, 0.29) is 18.4 Å². The van der Waals surface area contributed by atoms with Crippen LogP contribution in [0.5, 0.6) is 0 Å². The molecule has 2 rings (SSSR count). The van der Waals surface area contributed by atoms with Crippen LogP contribution < -0.4 is 0 Å². The number of likely N-dealkylation sites (tertiary alicyclic amines) is 1. The minimum atomic E-state index is 0.0735. The van der Waals surface area contributed by atoms with Crippen molar-refractivity contribution in [3.05, 3.63) is 35.9 Å². The molecule has 1 fully saturated rings. The van der Waals surface area contributed by atoms with Crippen molar-refractivity contribution >= 4 is 17.7 Å². The first-order valence-electron chi connectivity index (χ1n) is 7.72. The Morgan fingerprint density at radius 2 is 2.00 bits per heavy atom. The Morgan fingerprint density at radius 3 is 2.62 bits per heavy atom. The number of amides is 1. The van der Waals surface area contributed by atoms with E-state index in [1.54, 1.807) is 0 Å². The van der Waals surface area contributed by atoms with Crippen molar-refractivity contribution in [2.24, 2.45) is 11.8 Å². The van der Waals surface area contributed by atoms with E-state index in [4.69, 9.17) is 5.11 Å². The fourth-order valence-electron chi connectivity index (χ4n) is 2.65. The van der Waals surface area contributed by atoms with Crippen LogP contribution in [-0.4, -0.2) is 41.4 Å². The third kappa shape index (κ3) is 5.04. The molecule has 0 spiro atoms. The molecule has 1 aliphatic heterocycles. The number of hydrogen-bond acceptors (Lipinski definition) is 3.